The summed E-state index contributed by atoms with van der Waals surface area (Å²) in [7, 11) is 0. The van der Waals surface area contributed by atoms with Crippen LogP contribution >= 0.6 is 15.9 Å². The molecule has 9 heteroatoms. The van der Waals surface area contributed by atoms with Crippen LogP contribution in [0.4, 0.5) is 20.3 Å². The number of hydrogen-bond donors (Lipinski definition) is 0. The van der Waals surface area contributed by atoms with Crippen molar-refractivity contribution in [2.45, 2.75) is 57.5 Å². The number of ether oxygens (including phenoxy) is 1. The van der Waals surface area contributed by atoms with Gasteiger partial charge in [0.05, 0.1) is 12.6 Å². The number of carbonyl (C=O) groups is 1. The summed E-state index contributed by atoms with van der Waals surface area (Å²) in [6, 6.07) is 3.71. The fraction of sp³-hybridized carbons (Fsp3) is 0.565. The Morgan fingerprint density at radius 3 is 2.72 bits per heavy atom. The van der Waals surface area contributed by atoms with Crippen LogP contribution in [0.5, 0.6) is 0 Å². The molecule has 1 fully saturated rings. The van der Waals surface area contributed by atoms with E-state index in [1.165, 1.54) is 0 Å². The normalized spacial score (nSPS) is 21.6. The number of amides is 1. The van der Waals surface area contributed by atoms with E-state index in [4.69, 9.17) is 9.84 Å². The largest absolute Gasteiger partial charge is 0.381 e. The molecule has 3 aliphatic heterocycles. The lowest BCUT2D eigenvalue weighted by Gasteiger charge is -2.35. The van der Waals surface area contributed by atoms with E-state index in [0.29, 0.717) is 37.3 Å². The zero-order chi connectivity index (χ0) is 22.4. The molecule has 2 aromatic rings. The maximum Gasteiger partial charge on any atom is 0.265 e. The van der Waals surface area contributed by atoms with Crippen molar-refractivity contribution in [3.63, 3.8) is 0 Å². The molecule has 5 rings (SSSR count). The second-order valence-electron chi connectivity index (χ2n) is 8.94. The van der Waals surface area contributed by atoms with Crippen LogP contribution in [0.25, 0.3) is 0 Å². The van der Waals surface area contributed by atoms with Crippen LogP contribution in [-0.2, 0) is 22.5 Å². The molecule has 0 aliphatic carbocycles. The standard InChI is InChI=1S/C23H27BrF2N4O2/c1-14-2-7-29(21-11-17(22(25)26)19(24)10-16(14)21)23-18-12-28(13-31)6-3-20(18)30(27-23)15-4-8-32-9-5-15/h10-11,13-15,22H,2-9,12H2,1H3. The first-order valence-corrected chi connectivity index (χ1v) is 12.0. The Labute approximate surface area is 194 Å². The highest BCUT2D eigenvalue weighted by Crippen LogP contribution is 2.45. The Bertz CT molecular complexity index is 1020. The second kappa shape index (κ2) is 8.74. The summed E-state index contributed by atoms with van der Waals surface area (Å²) in [6.07, 6.45) is 1.79. The van der Waals surface area contributed by atoms with Crippen LogP contribution in [0.2, 0.25) is 0 Å². The topological polar surface area (TPSA) is 50.6 Å². The highest BCUT2D eigenvalue weighted by molar-refractivity contribution is 9.10. The molecule has 0 radical (unpaired) electrons. The predicted octanol–water partition coefficient (Wildman–Crippen LogP) is 5.09. The highest BCUT2D eigenvalue weighted by Gasteiger charge is 2.34. The number of fused-ring (bicyclic) bond motifs is 2. The molecule has 0 spiro atoms. The van der Waals surface area contributed by atoms with Gasteiger partial charge < -0.3 is 14.5 Å². The van der Waals surface area contributed by atoms with Crippen LogP contribution in [0.3, 0.4) is 0 Å². The van der Waals surface area contributed by atoms with Crippen molar-refractivity contribution in [1.29, 1.82) is 0 Å². The maximum atomic E-state index is 13.7. The van der Waals surface area contributed by atoms with Crippen molar-refractivity contribution in [2.24, 2.45) is 0 Å². The summed E-state index contributed by atoms with van der Waals surface area (Å²) in [6.45, 7) is 5.43. The van der Waals surface area contributed by atoms with Crippen LogP contribution in [-0.4, -0.2) is 47.4 Å². The Morgan fingerprint density at radius 2 is 2.00 bits per heavy atom. The van der Waals surface area contributed by atoms with Gasteiger partial charge in [0, 0.05) is 59.7 Å². The van der Waals surface area contributed by atoms with Gasteiger partial charge in [-0.15, -0.1) is 0 Å². The third kappa shape index (κ3) is 3.73. The molecule has 0 N–H and O–H groups in total. The first kappa shape index (κ1) is 21.8. The van der Waals surface area contributed by atoms with Crippen molar-refractivity contribution >= 4 is 33.8 Å². The summed E-state index contributed by atoms with van der Waals surface area (Å²) in [5.41, 5.74) is 4.04. The third-order valence-corrected chi connectivity index (χ3v) is 7.71. The Morgan fingerprint density at radius 1 is 1.22 bits per heavy atom. The summed E-state index contributed by atoms with van der Waals surface area (Å²) >= 11 is 3.34. The van der Waals surface area contributed by atoms with Crippen molar-refractivity contribution in [2.75, 3.05) is 31.2 Å². The quantitative estimate of drug-likeness (QED) is 0.539. The minimum atomic E-state index is -2.56. The molecular formula is C23H27BrF2N4O2. The van der Waals surface area contributed by atoms with Gasteiger partial charge in [-0.3, -0.25) is 9.48 Å². The number of rotatable bonds is 4. The minimum Gasteiger partial charge on any atom is -0.381 e. The molecule has 4 heterocycles. The lowest BCUT2D eigenvalue weighted by atomic mass is 9.90. The first-order valence-electron chi connectivity index (χ1n) is 11.2. The monoisotopic (exact) mass is 508 g/mol. The van der Waals surface area contributed by atoms with Gasteiger partial charge in [-0.05, 0) is 42.9 Å². The van der Waals surface area contributed by atoms with Gasteiger partial charge in [0.2, 0.25) is 6.41 Å². The van der Waals surface area contributed by atoms with E-state index >= 15 is 0 Å². The molecule has 1 aromatic heterocycles. The molecule has 0 bridgehead atoms. The van der Waals surface area contributed by atoms with Crippen molar-refractivity contribution in [3.8, 4) is 0 Å². The molecule has 3 aliphatic rings. The molecule has 32 heavy (non-hydrogen) atoms. The lowest BCUT2D eigenvalue weighted by molar-refractivity contribution is -0.118. The Balaban J connectivity index is 1.63. The van der Waals surface area contributed by atoms with E-state index in [9.17, 15) is 13.6 Å². The summed E-state index contributed by atoms with van der Waals surface area (Å²) < 4.78 is 35.6. The van der Waals surface area contributed by atoms with Crippen LogP contribution in [0.15, 0.2) is 16.6 Å². The molecule has 1 aromatic carbocycles. The molecule has 1 unspecified atom stereocenters. The minimum absolute atomic E-state index is 0.00454. The van der Waals surface area contributed by atoms with Crippen LogP contribution in [0.1, 0.15) is 67.0 Å². The van der Waals surface area contributed by atoms with Crippen LogP contribution < -0.4 is 4.90 Å². The zero-order valence-corrected chi connectivity index (χ0v) is 19.7. The first-order chi connectivity index (χ1) is 15.5. The van der Waals surface area contributed by atoms with Crippen molar-refractivity contribution in [1.82, 2.24) is 14.7 Å². The molecule has 1 atom stereocenters. The summed E-state index contributed by atoms with van der Waals surface area (Å²) in [4.78, 5) is 15.4. The Hall–Kier alpha value is -2.00. The van der Waals surface area contributed by atoms with Gasteiger partial charge in [-0.25, -0.2) is 8.78 Å². The number of anilines is 2. The third-order valence-electron chi connectivity index (χ3n) is 7.02. The maximum absolute atomic E-state index is 13.7. The Kier molecular flexibility index (Phi) is 5.96. The smallest absolute Gasteiger partial charge is 0.265 e. The average Bonchev–Trinajstić information content (AvgIpc) is 3.18. The number of nitrogens with zero attached hydrogens (tertiary/aromatic N) is 4. The zero-order valence-electron chi connectivity index (χ0n) is 18.1. The van der Waals surface area contributed by atoms with Gasteiger partial charge >= 0.3 is 0 Å². The molecule has 6 nitrogen and oxygen atoms in total. The van der Waals surface area contributed by atoms with Gasteiger partial charge in [-0.2, -0.15) is 5.10 Å². The van der Waals surface area contributed by atoms with E-state index < -0.39 is 6.43 Å². The van der Waals surface area contributed by atoms with Crippen molar-refractivity contribution < 1.29 is 18.3 Å². The molecular weight excluding hydrogens is 482 g/mol. The SMILES string of the molecule is CC1CCN(c2nn(C3CCOCC3)c3c2CN(C=O)CC3)c2cc(C(F)F)c(Br)cc21. The van der Waals surface area contributed by atoms with E-state index in [1.54, 1.807) is 11.0 Å². The fourth-order valence-electron chi connectivity index (χ4n) is 5.20. The number of hydrogen-bond acceptors (Lipinski definition) is 4. The second-order valence-corrected chi connectivity index (χ2v) is 9.79. The average molecular weight is 509 g/mol. The van der Waals surface area contributed by atoms with E-state index in [1.807, 2.05) is 6.07 Å². The number of alkyl halides is 2. The molecule has 172 valence electrons. The molecule has 1 amide bonds. The summed E-state index contributed by atoms with van der Waals surface area (Å²) in [5, 5.41) is 5.07. The number of aromatic nitrogens is 2. The van der Waals surface area contributed by atoms with E-state index in [-0.39, 0.29) is 17.5 Å². The van der Waals surface area contributed by atoms with E-state index in [0.717, 1.165) is 60.4 Å². The van der Waals surface area contributed by atoms with Gasteiger partial charge in [-0.1, -0.05) is 22.9 Å². The van der Waals surface area contributed by atoms with Gasteiger partial charge in [0.25, 0.3) is 6.43 Å². The van der Waals surface area contributed by atoms with Gasteiger partial charge in [0.15, 0.2) is 5.82 Å². The van der Waals surface area contributed by atoms with E-state index in [2.05, 4.69) is 32.4 Å². The summed E-state index contributed by atoms with van der Waals surface area (Å²) in [5.74, 6) is 1.07. The van der Waals surface area contributed by atoms with Crippen molar-refractivity contribution in [3.05, 3.63) is 39.0 Å². The number of halogens is 3. The molecule has 0 saturated carbocycles. The fourth-order valence-corrected chi connectivity index (χ4v) is 5.73. The van der Waals surface area contributed by atoms with Gasteiger partial charge in [0.1, 0.15) is 0 Å². The number of benzene rings is 1. The van der Waals surface area contributed by atoms with Crippen LogP contribution in [0, 0.1) is 0 Å². The molecule has 1 saturated heterocycles. The highest BCUT2D eigenvalue weighted by atomic mass is 79.9. The predicted molar refractivity (Wildman–Crippen MR) is 121 cm³/mol. The number of carbonyl (C=O) groups excluding carboxylic acids is 1. The lowest BCUT2D eigenvalue weighted by Crippen LogP contribution is -2.32.